The molecule has 1 fully saturated rings. The Hall–Kier alpha value is -1.59. The zero-order chi connectivity index (χ0) is 14.8. The SMILES string of the molecule is CCCc1noc(CC2CN(C(=O)OC(C)(C)C)C2)n1. The summed E-state index contributed by atoms with van der Waals surface area (Å²) in [5, 5.41) is 3.93. The molecule has 1 aromatic rings. The lowest BCUT2D eigenvalue weighted by molar-refractivity contribution is -0.00186. The lowest BCUT2D eigenvalue weighted by Crippen LogP contribution is -2.52. The van der Waals surface area contributed by atoms with Crippen molar-refractivity contribution in [2.45, 2.75) is 52.6 Å². The van der Waals surface area contributed by atoms with Gasteiger partial charge in [0.2, 0.25) is 5.89 Å². The Bertz CT molecular complexity index is 458. The van der Waals surface area contributed by atoms with Crippen LogP contribution in [0.4, 0.5) is 4.79 Å². The molecule has 0 unspecified atom stereocenters. The normalized spacial score (nSPS) is 16.1. The van der Waals surface area contributed by atoms with Crippen LogP contribution in [0.15, 0.2) is 4.52 Å². The summed E-state index contributed by atoms with van der Waals surface area (Å²) in [5.41, 5.74) is -0.441. The Morgan fingerprint density at radius 3 is 2.75 bits per heavy atom. The Labute approximate surface area is 119 Å². The van der Waals surface area contributed by atoms with Crippen LogP contribution in [-0.2, 0) is 17.6 Å². The van der Waals surface area contributed by atoms with E-state index < -0.39 is 5.60 Å². The third kappa shape index (κ3) is 3.95. The first-order valence-corrected chi connectivity index (χ1v) is 7.16. The smallest absolute Gasteiger partial charge is 0.410 e. The Morgan fingerprint density at radius 1 is 1.45 bits per heavy atom. The second kappa shape index (κ2) is 5.81. The van der Waals surface area contributed by atoms with Crippen LogP contribution in [0.5, 0.6) is 0 Å². The predicted octanol–water partition coefficient (Wildman–Crippen LogP) is 2.43. The first-order valence-electron chi connectivity index (χ1n) is 7.16. The van der Waals surface area contributed by atoms with Gasteiger partial charge in [0.05, 0.1) is 0 Å². The van der Waals surface area contributed by atoms with E-state index in [1.807, 2.05) is 20.8 Å². The minimum atomic E-state index is -0.441. The van der Waals surface area contributed by atoms with E-state index in [-0.39, 0.29) is 6.09 Å². The number of amides is 1. The molecular formula is C14H23N3O3. The lowest BCUT2D eigenvalue weighted by Gasteiger charge is -2.39. The highest BCUT2D eigenvalue weighted by Gasteiger charge is 2.34. The van der Waals surface area contributed by atoms with E-state index in [0.717, 1.165) is 25.1 Å². The fraction of sp³-hybridized carbons (Fsp3) is 0.786. The van der Waals surface area contributed by atoms with Gasteiger partial charge in [0.15, 0.2) is 5.82 Å². The predicted molar refractivity (Wildman–Crippen MR) is 73.3 cm³/mol. The molecule has 1 saturated heterocycles. The maximum absolute atomic E-state index is 11.8. The van der Waals surface area contributed by atoms with Crippen molar-refractivity contribution >= 4 is 6.09 Å². The number of carbonyl (C=O) groups excluding carboxylic acids is 1. The molecule has 0 bridgehead atoms. The topological polar surface area (TPSA) is 68.5 Å². The van der Waals surface area contributed by atoms with Gasteiger partial charge in [-0.2, -0.15) is 4.98 Å². The molecule has 1 aliphatic rings. The van der Waals surface area contributed by atoms with E-state index in [1.165, 1.54) is 0 Å². The molecule has 0 atom stereocenters. The van der Waals surface area contributed by atoms with Crippen molar-refractivity contribution < 1.29 is 14.1 Å². The van der Waals surface area contributed by atoms with Gasteiger partial charge < -0.3 is 14.2 Å². The molecule has 0 aliphatic carbocycles. The number of hydrogen-bond acceptors (Lipinski definition) is 5. The molecule has 0 saturated carbocycles. The number of hydrogen-bond donors (Lipinski definition) is 0. The first kappa shape index (κ1) is 14.8. The summed E-state index contributed by atoms with van der Waals surface area (Å²) < 4.78 is 10.5. The van der Waals surface area contributed by atoms with Crippen molar-refractivity contribution in [1.82, 2.24) is 15.0 Å². The maximum atomic E-state index is 11.8. The molecule has 2 rings (SSSR count). The fourth-order valence-electron chi connectivity index (χ4n) is 2.12. The number of aromatic nitrogens is 2. The summed E-state index contributed by atoms with van der Waals surface area (Å²) in [6, 6.07) is 0. The van der Waals surface area contributed by atoms with Gasteiger partial charge >= 0.3 is 6.09 Å². The number of aryl methyl sites for hydroxylation is 1. The first-order chi connectivity index (χ1) is 9.37. The molecule has 6 nitrogen and oxygen atoms in total. The van der Waals surface area contributed by atoms with Crippen LogP contribution in [0.1, 0.15) is 45.8 Å². The van der Waals surface area contributed by atoms with Crippen molar-refractivity contribution in [2.75, 3.05) is 13.1 Å². The molecule has 20 heavy (non-hydrogen) atoms. The van der Waals surface area contributed by atoms with Gasteiger partial charge in [-0.1, -0.05) is 12.1 Å². The van der Waals surface area contributed by atoms with E-state index in [4.69, 9.17) is 9.26 Å². The quantitative estimate of drug-likeness (QED) is 0.847. The van der Waals surface area contributed by atoms with E-state index >= 15 is 0 Å². The highest BCUT2D eigenvalue weighted by Crippen LogP contribution is 2.22. The summed E-state index contributed by atoms with van der Waals surface area (Å²) >= 11 is 0. The van der Waals surface area contributed by atoms with Gasteiger partial charge in [-0.25, -0.2) is 4.79 Å². The average Bonchev–Trinajstić information content (AvgIpc) is 2.68. The molecule has 0 N–H and O–H groups in total. The minimum Gasteiger partial charge on any atom is -0.444 e. The Kier molecular flexibility index (Phi) is 4.30. The van der Waals surface area contributed by atoms with Crippen LogP contribution in [0, 0.1) is 5.92 Å². The third-order valence-corrected chi connectivity index (χ3v) is 3.06. The third-order valence-electron chi connectivity index (χ3n) is 3.06. The van der Waals surface area contributed by atoms with Crippen molar-refractivity contribution in [3.63, 3.8) is 0 Å². The molecule has 0 spiro atoms. The summed E-state index contributed by atoms with van der Waals surface area (Å²) in [7, 11) is 0. The van der Waals surface area contributed by atoms with E-state index in [2.05, 4.69) is 17.1 Å². The second-order valence-electron chi connectivity index (χ2n) is 6.31. The van der Waals surface area contributed by atoms with Crippen LogP contribution in [-0.4, -0.2) is 39.8 Å². The fourth-order valence-corrected chi connectivity index (χ4v) is 2.12. The van der Waals surface area contributed by atoms with Gasteiger partial charge in [0, 0.05) is 31.8 Å². The maximum Gasteiger partial charge on any atom is 0.410 e. The molecule has 112 valence electrons. The molecule has 1 amide bonds. The van der Waals surface area contributed by atoms with Gasteiger partial charge in [-0.3, -0.25) is 0 Å². The zero-order valence-electron chi connectivity index (χ0n) is 12.7. The molecule has 0 radical (unpaired) electrons. The minimum absolute atomic E-state index is 0.244. The zero-order valence-corrected chi connectivity index (χ0v) is 12.7. The van der Waals surface area contributed by atoms with E-state index in [0.29, 0.717) is 24.9 Å². The summed E-state index contributed by atoms with van der Waals surface area (Å²) in [6.45, 7) is 9.09. The Morgan fingerprint density at radius 2 is 2.15 bits per heavy atom. The molecular weight excluding hydrogens is 258 g/mol. The molecule has 1 aliphatic heterocycles. The van der Waals surface area contributed by atoms with Gasteiger partial charge in [-0.05, 0) is 27.2 Å². The van der Waals surface area contributed by atoms with E-state index in [9.17, 15) is 4.79 Å². The van der Waals surface area contributed by atoms with Crippen LogP contribution in [0.2, 0.25) is 0 Å². The molecule has 6 heteroatoms. The van der Waals surface area contributed by atoms with Gasteiger partial charge in [0.1, 0.15) is 5.60 Å². The van der Waals surface area contributed by atoms with Crippen LogP contribution in [0.25, 0.3) is 0 Å². The molecule has 1 aromatic heterocycles. The van der Waals surface area contributed by atoms with Crippen LogP contribution >= 0.6 is 0 Å². The van der Waals surface area contributed by atoms with Crippen molar-refractivity contribution in [1.29, 1.82) is 0 Å². The summed E-state index contributed by atoms with van der Waals surface area (Å²) in [5.74, 6) is 1.82. The number of likely N-dealkylation sites (tertiary alicyclic amines) is 1. The monoisotopic (exact) mass is 281 g/mol. The number of carbonyl (C=O) groups is 1. The van der Waals surface area contributed by atoms with Crippen LogP contribution < -0.4 is 0 Å². The van der Waals surface area contributed by atoms with Crippen molar-refractivity contribution in [2.24, 2.45) is 5.92 Å². The van der Waals surface area contributed by atoms with Gasteiger partial charge in [-0.15, -0.1) is 0 Å². The number of nitrogens with zero attached hydrogens (tertiary/aromatic N) is 3. The van der Waals surface area contributed by atoms with E-state index in [1.54, 1.807) is 4.90 Å². The second-order valence-corrected chi connectivity index (χ2v) is 6.31. The highest BCUT2D eigenvalue weighted by molar-refractivity contribution is 5.69. The van der Waals surface area contributed by atoms with Crippen molar-refractivity contribution in [3.05, 3.63) is 11.7 Å². The van der Waals surface area contributed by atoms with Gasteiger partial charge in [0.25, 0.3) is 0 Å². The Balaban J connectivity index is 1.74. The average molecular weight is 281 g/mol. The standard InChI is InChI=1S/C14H23N3O3/c1-5-6-11-15-12(20-16-11)7-10-8-17(9-10)13(18)19-14(2,3)4/h10H,5-9H2,1-4H3. The highest BCUT2D eigenvalue weighted by atomic mass is 16.6. The molecule has 2 heterocycles. The molecule has 0 aromatic carbocycles. The lowest BCUT2D eigenvalue weighted by atomic mass is 9.97. The van der Waals surface area contributed by atoms with Crippen molar-refractivity contribution in [3.8, 4) is 0 Å². The number of rotatable bonds is 4. The largest absolute Gasteiger partial charge is 0.444 e. The number of ether oxygens (including phenoxy) is 1. The summed E-state index contributed by atoms with van der Waals surface area (Å²) in [4.78, 5) is 17.8. The van der Waals surface area contributed by atoms with Crippen LogP contribution in [0.3, 0.4) is 0 Å². The summed E-state index contributed by atoms with van der Waals surface area (Å²) in [6.07, 6.45) is 2.34.